The normalized spacial score (nSPS) is 13.7. The number of anilines is 1. The average Bonchev–Trinajstić information content (AvgIpc) is 3.15. The molecule has 0 bridgehead atoms. The smallest absolute Gasteiger partial charge is 0.263 e. The van der Waals surface area contributed by atoms with E-state index in [1.54, 1.807) is 19.3 Å². The number of pyridine rings is 1. The molecule has 0 saturated carbocycles. The molecule has 1 amide bonds. The van der Waals surface area contributed by atoms with E-state index in [1.165, 1.54) is 23.5 Å². The SMILES string of the molecule is Cc1nc(OCCNC(=O)c2cccn(C)c2=O)cc(N2CCCC2)n1. The zero-order chi connectivity index (χ0) is 18.5. The van der Waals surface area contributed by atoms with Crippen LogP contribution in [0.5, 0.6) is 5.88 Å². The summed E-state index contributed by atoms with van der Waals surface area (Å²) in [5, 5.41) is 2.69. The zero-order valence-electron chi connectivity index (χ0n) is 15.1. The first-order chi connectivity index (χ1) is 12.5. The second kappa shape index (κ2) is 7.99. The maximum absolute atomic E-state index is 12.1. The zero-order valence-corrected chi connectivity index (χ0v) is 15.1. The van der Waals surface area contributed by atoms with E-state index < -0.39 is 5.91 Å². The van der Waals surface area contributed by atoms with Gasteiger partial charge < -0.3 is 19.5 Å². The van der Waals surface area contributed by atoms with Crippen LogP contribution in [0.3, 0.4) is 0 Å². The Morgan fingerprint density at radius 1 is 1.31 bits per heavy atom. The fourth-order valence-electron chi connectivity index (χ4n) is 2.89. The lowest BCUT2D eigenvalue weighted by atomic mass is 10.2. The van der Waals surface area contributed by atoms with Gasteiger partial charge in [-0.05, 0) is 31.9 Å². The van der Waals surface area contributed by atoms with E-state index in [0.717, 1.165) is 18.9 Å². The lowest BCUT2D eigenvalue weighted by Crippen LogP contribution is -2.34. The quantitative estimate of drug-likeness (QED) is 0.773. The molecule has 0 aromatic carbocycles. The molecule has 1 aliphatic rings. The monoisotopic (exact) mass is 357 g/mol. The summed E-state index contributed by atoms with van der Waals surface area (Å²) in [5.41, 5.74) is -0.211. The second-order valence-electron chi connectivity index (χ2n) is 6.25. The molecule has 1 aliphatic heterocycles. The van der Waals surface area contributed by atoms with Crippen molar-refractivity contribution in [1.29, 1.82) is 0 Å². The van der Waals surface area contributed by atoms with Crippen molar-refractivity contribution >= 4 is 11.7 Å². The Hall–Kier alpha value is -2.90. The maximum Gasteiger partial charge on any atom is 0.263 e. The molecule has 0 unspecified atom stereocenters. The molecule has 8 nitrogen and oxygen atoms in total. The summed E-state index contributed by atoms with van der Waals surface area (Å²) >= 11 is 0. The van der Waals surface area contributed by atoms with Gasteiger partial charge in [-0.2, -0.15) is 4.98 Å². The van der Waals surface area contributed by atoms with Crippen LogP contribution in [0.25, 0.3) is 0 Å². The van der Waals surface area contributed by atoms with Gasteiger partial charge in [0, 0.05) is 32.4 Å². The first-order valence-corrected chi connectivity index (χ1v) is 8.72. The summed E-state index contributed by atoms with van der Waals surface area (Å²) in [6, 6.07) is 5.00. The molecule has 0 aliphatic carbocycles. The predicted octanol–water partition coefficient (Wildman–Crippen LogP) is 0.893. The average molecular weight is 357 g/mol. The minimum absolute atomic E-state index is 0.115. The van der Waals surface area contributed by atoms with Gasteiger partial charge in [0.2, 0.25) is 5.88 Å². The van der Waals surface area contributed by atoms with Crippen molar-refractivity contribution in [3.8, 4) is 5.88 Å². The number of aromatic nitrogens is 3. The van der Waals surface area contributed by atoms with Crippen LogP contribution < -0.4 is 20.5 Å². The summed E-state index contributed by atoms with van der Waals surface area (Å²) in [4.78, 5) is 35.0. The standard InChI is InChI=1S/C18H23N5O3/c1-13-20-15(23-9-3-4-10-23)12-16(21-13)26-11-7-19-17(24)14-6-5-8-22(2)18(14)25/h5-6,8,12H,3-4,7,9-11H2,1-2H3,(H,19,24). The molecule has 2 aromatic heterocycles. The first kappa shape index (κ1) is 17.9. The van der Waals surface area contributed by atoms with Gasteiger partial charge in [-0.3, -0.25) is 9.59 Å². The minimum Gasteiger partial charge on any atom is -0.476 e. The summed E-state index contributed by atoms with van der Waals surface area (Å²) in [7, 11) is 1.61. The number of hydrogen-bond acceptors (Lipinski definition) is 6. The molecule has 1 fully saturated rings. The van der Waals surface area contributed by atoms with Crippen molar-refractivity contribution in [3.63, 3.8) is 0 Å². The van der Waals surface area contributed by atoms with Crippen molar-refractivity contribution in [1.82, 2.24) is 19.9 Å². The molecule has 138 valence electrons. The highest BCUT2D eigenvalue weighted by atomic mass is 16.5. The van der Waals surface area contributed by atoms with Crippen molar-refractivity contribution in [2.75, 3.05) is 31.1 Å². The lowest BCUT2D eigenvalue weighted by molar-refractivity contribution is 0.0944. The van der Waals surface area contributed by atoms with E-state index in [-0.39, 0.29) is 24.3 Å². The molecule has 0 spiro atoms. The van der Waals surface area contributed by atoms with E-state index in [2.05, 4.69) is 20.2 Å². The van der Waals surface area contributed by atoms with Gasteiger partial charge in [0.15, 0.2) is 0 Å². The highest BCUT2D eigenvalue weighted by Gasteiger charge is 2.15. The van der Waals surface area contributed by atoms with Crippen molar-refractivity contribution in [3.05, 3.63) is 46.1 Å². The maximum atomic E-state index is 12.1. The Labute approximate surface area is 151 Å². The molecule has 1 N–H and O–H groups in total. The number of amides is 1. The Bertz CT molecular complexity index is 843. The number of carbonyl (C=O) groups excluding carboxylic acids is 1. The van der Waals surface area contributed by atoms with Crippen LogP contribution in [0.1, 0.15) is 29.0 Å². The van der Waals surface area contributed by atoms with Crippen LogP contribution in [0.2, 0.25) is 0 Å². The minimum atomic E-state index is -0.411. The van der Waals surface area contributed by atoms with Crippen molar-refractivity contribution in [2.45, 2.75) is 19.8 Å². The number of nitrogens with zero attached hydrogens (tertiary/aromatic N) is 4. The Balaban J connectivity index is 1.54. The third-order valence-electron chi connectivity index (χ3n) is 4.24. The van der Waals surface area contributed by atoms with Gasteiger partial charge in [-0.15, -0.1) is 0 Å². The van der Waals surface area contributed by atoms with Gasteiger partial charge in [0.25, 0.3) is 11.5 Å². The number of carbonyl (C=O) groups is 1. The Morgan fingerprint density at radius 2 is 2.08 bits per heavy atom. The summed E-state index contributed by atoms with van der Waals surface area (Å²) in [6.07, 6.45) is 3.95. The van der Waals surface area contributed by atoms with E-state index in [9.17, 15) is 9.59 Å². The molecule has 3 heterocycles. The number of rotatable bonds is 6. The fourth-order valence-corrected chi connectivity index (χ4v) is 2.89. The lowest BCUT2D eigenvalue weighted by Gasteiger charge is -2.17. The van der Waals surface area contributed by atoms with Crippen molar-refractivity contribution < 1.29 is 9.53 Å². The molecule has 3 rings (SSSR count). The Kier molecular flexibility index (Phi) is 5.50. The molecular formula is C18H23N5O3. The second-order valence-corrected chi connectivity index (χ2v) is 6.25. The first-order valence-electron chi connectivity index (χ1n) is 8.72. The molecule has 0 radical (unpaired) electrons. The van der Waals surface area contributed by atoms with Gasteiger partial charge in [-0.25, -0.2) is 4.98 Å². The van der Waals surface area contributed by atoms with Crippen LogP contribution >= 0.6 is 0 Å². The van der Waals surface area contributed by atoms with Gasteiger partial charge >= 0.3 is 0 Å². The van der Waals surface area contributed by atoms with Gasteiger partial charge in [0.1, 0.15) is 23.8 Å². The van der Waals surface area contributed by atoms with Crippen LogP contribution in [0.4, 0.5) is 5.82 Å². The van der Waals surface area contributed by atoms with E-state index >= 15 is 0 Å². The number of hydrogen-bond donors (Lipinski definition) is 1. The molecule has 1 saturated heterocycles. The number of nitrogens with one attached hydrogen (secondary N) is 1. The van der Waals surface area contributed by atoms with Crippen LogP contribution in [0, 0.1) is 6.92 Å². The van der Waals surface area contributed by atoms with Gasteiger partial charge in [-0.1, -0.05) is 0 Å². The molecule has 8 heteroatoms. The highest BCUT2D eigenvalue weighted by Crippen LogP contribution is 2.21. The largest absolute Gasteiger partial charge is 0.476 e. The molecule has 0 atom stereocenters. The Morgan fingerprint density at radius 3 is 2.85 bits per heavy atom. The molecular weight excluding hydrogens is 334 g/mol. The third kappa shape index (κ3) is 4.19. The molecule has 26 heavy (non-hydrogen) atoms. The number of aryl methyl sites for hydroxylation is 2. The predicted molar refractivity (Wildman–Crippen MR) is 97.7 cm³/mol. The topological polar surface area (TPSA) is 89.3 Å². The third-order valence-corrected chi connectivity index (χ3v) is 4.24. The number of ether oxygens (including phenoxy) is 1. The van der Waals surface area contributed by atoms with Crippen molar-refractivity contribution in [2.24, 2.45) is 7.05 Å². The van der Waals surface area contributed by atoms with Crippen LogP contribution in [-0.4, -0.2) is 46.7 Å². The molecule has 2 aromatic rings. The summed E-state index contributed by atoms with van der Waals surface area (Å²) < 4.78 is 7.02. The fraction of sp³-hybridized carbons (Fsp3) is 0.444. The van der Waals surface area contributed by atoms with Crippen LogP contribution in [0.15, 0.2) is 29.2 Å². The van der Waals surface area contributed by atoms with E-state index in [4.69, 9.17) is 4.74 Å². The summed E-state index contributed by atoms with van der Waals surface area (Å²) in [5.74, 6) is 1.61. The van der Waals surface area contributed by atoms with E-state index in [1.807, 2.05) is 13.0 Å². The highest BCUT2D eigenvalue weighted by molar-refractivity contribution is 5.93. The summed E-state index contributed by atoms with van der Waals surface area (Å²) in [6.45, 7) is 4.36. The van der Waals surface area contributed by atoms with E-state index in [0.29, 0.717) is 11.7 Å². The van der Waals surface area contributed by atoms with Gasteiger partial charge in [0.05, 0.1) is 6.54 Å². The van der Waals surface area contributed by atoms with Crippen LogP contribution in [-0.2, 0) is 7.05 Å².